The molecule has 0 unspecified atom stereocenters. The minimum atomic E-state index is -1.77. The number of hydrogen-bond acceptors (Lipinski definition) is 13. The van der Waals surface area contributed by atoms with E-state index in [9.17, 15) is 40.9 Å². The Balaban J connectivity index is 0.000000215. The predicted molar refractivity (Wildman–Crippen MR) is 206 cm³/mol. The molecule has 0 radical (unpaired) electrons. The van der Waals surface area contributed by atoms with Crippen molar-refractivity contribution in [2.45, 2.75) is 73.6 Å². The maximum absolute atomic E-state index is 10.6. The van der Waals surface area contributed by atoms with Crippen molar-refractivity contribution in [2.75, 3.05) is 34.5 Å². The number of ether oxygens (including phenoxy) is 5. The second kappa shape index (κ2) is 19.4. The van der Waals surface area contributed by atoms with Gasteiger partial charge in [0.25, 0.3) is 0 Å². The van der Waals surface area contributed by atoms with Crippen LogP contribution in [0.15, 0.2) is 84.9 Å². The molecule has 2 heterocycles. The number of aliphatic hydroxyl groups excluding tert-OH is 8. The molecule has 0 aliphatic carbocycles. The molecule has 0 spiro atoms. The topological polar surface area (TPSA) is 208 Å². The van der Waals surface area contributed by atoms with Gasteiger partial charge in [-0.1, -0.05) is 65.7 Å². The van der Waals surface area contributed by atoms with Crippen molar-refractivity contribution in [3.8, 4) is 11.5 Å². The molecule has 4 aromatic carbocycles. The van der Waals surface area contributed by atoms with Crippen molar-refractivity contribution in [1.29, 1.82) is 0 Å². The highest BCUT2D eigenvalue weighted by molar-refractivity contribution is 6.31. The number of aliphatic hydroxyl groups is 8. The number of rotatable bonds is 11. The molecule has 2 fully saturated rings. The molecule has 2 aliphatic rings. The molecule has 2 aliphatic heterocycles. The smallest absolute Gasteiger partial charge is 0.224 e. The third-order valence-electron chi connectivity index (χ3n) is 10.1. The molecule has 304 valence electrons. The highest BCUT2D eigenvalue weighted by atomic mass is 35.5. The van der Waals surface area contributed by atoms with E-state index in [2.05, 4.69) is 0 Å². The van der Waals surface area contributed by atoms with Gasteiger partial charge >= 0.3 is 0 Å². The average molecular weight is 820 g/mol. The first kappa shape index (κ1) is 43.7. The first-order valence-electron chi connectivity index (χ1n) is 17.8. The van der Waals surface area contributed by atoms with E-state index < -0.39 is 73.9 Å². The lowest BCUT2D eigenvalue weighted by molar-refractivity contribution is -0.366. The standard InChI is InChI=1S/C21H25ClO7.C20H23ClO6/c1-27-15-6-3-12(4-7-15)9-13-10-14(5-8-16(13)22)21(28-2)20(26)19(25)18(24)17(11-23)29-21;1-26-14-5-2-11(3-6-14)8-13-9-12(4-7-15(13)21)20-19(25)18(24)17(23)16(10-22)27-20/h3-8,10,17-20,23-26H,9,11H2,1-2H3;2-7,9,16-20,22-25H,8,10H2,1H3/t17-,18-,19+,20-,21+;16-,17-,18+,19-,20+/m11/s1. The van der Waals surface area contributed by atoms with Gasteiger partial charge in [0.15, 0.2) is 0 Å². The molecular weight excluding hydrogens is 771 g/mol. The lowest BCUT2D eigenvalue weighted by Crippen LogP contribution is -2.64. The molecule has 0 bridgehead atoms. The van der Waals surface area contributed by atoms with Crippen molar-refractivity contribution in [2.24, 2.45) is 0 Å². The summed E-state index contributed by atoms with van der Waals surface area (Å²) in [6.07, 6.45) is -10.6. The maximum atomic E-state index is 10.6. The highest BCUT2D eigenvalue weighted by Gasteiger charge is 2.55. The molecule has 0 aromatic heterocycles. The molecular formula is C41H48Cl2O13. The lowest BCUT2D eigenvalue weighted by atomic mass is 9.87. The zero-order chi connectivity index (χ0) is 40.7. The molecule has 10 atom stereocenters. The van der Waals surface area contributed by atoms with E-state index in [1.807, 2.05) is 48.5 Å². The SMILES string of the molecule is COc1ccc(Cc2cc([C@@H]3O[C@H](CO)[C@@H](O)[C@H](O)[C@H]3O)ccc2Cl)cc1.COc1ccc(Cc2cc([C@]3(OC)O[C@H](CO)[C@@H](O)[C@H](O)[C@H]3O)ccc2Cl)cc1. The van der Waals surface area contributed by atoms with Crippen LogP contribution in [0.25, 0.3) is 0 Å². The normalized spacial score (nSPS) is 28.9. The Morgan fingerprint density at radius 2 is 1.09 bits per heavy atom. The molecule has 2 saturated heterocycles. The quantitative estimate of drug-likeness (QED) is 0.110. The Hall–Kier alpha value is -3.38. The van der Waals surface area contributed by atoms with Crippen molar-refractivity contribution in [3.05, 3.63) is 128 Å². The first-order chi connectivity index (χ1) is 26.8. The molecule has 15 heteroatoms. The summed E-state index contributed by atoms with van der Waals surface area (Å²) in [6, 6.07) is 25.3. The monoisotopic (exact) mass is 818 g/mol. The fourth-order valence-corrected chi connectivity index (χ4v) is 7.17. The summed E-state index contributed by atoms with van der Waals surface area (Å²) in [5.41, 5.74) is 4.62. The molecule has 6 rings (SSSR count). The molecule has 13 nitrogen and oxygen atoms in total. The van der Waals surface area contributed by atoms with Gasteiger partial charge in [-0.3, -0.25) is 0 Å². The molecule has 4 aromatic rings. The summed E-state index contributed by atoms with van der Waals surface area (Å²) in [5, 5.41) is 81.2. The second-order valence-electron chi connectivity index (χ2n) is 13.6. The zero-order valence-corrected chi connectivity index (χ0v) is 32.5. The predicted octanol–water partition coefficient (Wildman–Crippen LogP) is 2.67. The number of hydrogen-bond donors (Lipinski definition) is 8. The van der Waals surface area contributed by atoms with Crippen molar-refractivity contribution < 1.29 is 64.5 Å². The summed E-state index contributed by atoms with van der Waals surface area (Å²) in [7, 11) is 4.52. The van der Waals surface area contributed by atoms with Gasteiger partial charge in [0.2, 0.25) is 5.79 Å². The van der Waals surface area contributed by atoms with Gasteiger partial charge < -0.3 is 64.5 Å². The molecule has 0 amide bonds. The van der Waals surface area contributed by atoms with E-state index in [-0.39, 0.29) is 0 Å². The summed E-state index contributed by atoms with van der Waals surface area (Å²) in [6.45, 7) is -1.02. The van der Waals surface area contributed by atoms with Crippen LogP contribution >= 0.6 is 23.2 Å². The summed E-state index contributed by atoms with van der Waals surface area (Å²) in [5.74, 6) is -0.265. The van der Waals surface area contributed by atoms with Gasteiger partial charge in [0.05, 0.1) is 27.4 Å². The number of methoxy groups -OCH3 is 3. The molecule has 0 saturated carbocycles. The van der Waals surface area contributed by atoms with E-state index in [4.69, 9.17) is 46.9 Å². The Morgan fingerprint density at radius 1 is 0.589 bits per heavy atom. The Morgan fingerprint density at radius 3 is 1.59 bits per heavy atom. The fourth-order valence-electron chi connectivity index (χ4n) is 6.80. The van der Waals surface area contributed by atoms with Gasteiger partial charge in [-0.15, -0.1) is 0 Å². The largest absolute Gasteiger partial charge is 0.497 e. The Bertz CT molecular complexity index is 1860. The van der Waals surface area contributed by atoms with E-state index in [0.717, 1.165) is 33.8 Å². The third kappa shape index (κ3) is 9.49. The van der Waals surface area contributed by atoms with Crippen LogP contribution in [0.4, 0.5) is 0 Å². The average Bonchev–Trinajstić information content (AvgIpc) is 3.22. The van der Waals surface area contributed by atoms with Crippen LogP contribution in [0, 0.1) is 0 Å². The van der Waals surface area contributed by atoms with E-state index >= 15 is 0 Å². The Labute approximate surface area is 334 Å². The number of benzene rings is 4. The van der Waals surface area contributed by atoms with Crippen LogP contribution in [0.5, 0.6) is 11.5 Å². The van der Waals surface area contributed by atoms with Gasteiger partial charge in [0, 0.05) is 22.7 Å². The second-order valence-corrected chi connectivity index (χ2v) is 14.4. The van der Waals surface area contributed by atoms with Crippen LogP contribution in [-0.4, -0.2) is 124 Å². The lowest BCUT2D eigenvalue weighted by Gasteiger charge is -2.47. The van der Waals surface area contributed by atoms with E-state index in [0.29, 0.717) is 34.0 Å². The zero-order valence-electron chi connectivity index (χ0n) is 31.0. The van der Waals surface area contributed by atoms with Gasteiger partial charge in [0.1, 0.15) is 66.4 Å². The minimum Gasteiger partial charge on any atom is -0.497 e. The van der Waals surface area contributed by atoms with Crippen LogP contribution in [-0.2, 0) is 32.8 Å². The van der Waals surface area contributed by atoms with Crippen molar-refractivity contribution >= 4 is 23.2 Å². The van der Waals surface area contributed by atoms with Gasteiger partial charge in [-0.25, -0.2) is 0 Å². The highest BCUT2D eigenvalue weighted by Crippen LogP contribution is 2.41. The van der Waals surface area contributed by atoms with Gasteiger partial charge in [-0.2, -0.15) is 0 Å². The molecule has 8 N–H and O–H groups in total. The maximum Gasteiger partial charge on any atom is 0.224 e. The molecule has 56 heavy (non-hydrogen) atoms. The fraction of sp³-hybridized carbons (Fsp3) is 0.415. The van der Waals surface area contributed by atoms with E-state index in [1.165, 1.54) is 7.11 Å². The third-order valence-corrected chi connectivity index (χ3v) is 10.8. The summed E-state index contributed by atoms with van der Waals surface area (Å²) in [4.78, 5) is 0. The van der Waals surface area contributed by atoms with Crippen molar-refractivity contribution in [3.63, 3.8) is 0 Å². The summed E-state index contributed by atoms with van der Waals surface area (Å²) < 4.78 is 27.2. The van der Waals surface area contributed by atoms with Gasteiger partial charge in [-0.05, 0) is 83.1 Å². The van der Waals surface area contributed by atoms with E-state index in [1.54, 1.807) is 50.6 Å². The summed E-state index contributed by atoms with van der Waals surface area (Å²) >= 11 is 12.7. The Kier molecular flexibility index (Phi) is 15.1. The van der Waals surface area contributed by atoms with Crippen LogP contribution in [0.3, 0.4) is 0 Å². The number of halogens is 2. The van der Waals surface area contributed by atoms with Crippen LogP contribution in [0.2, 0.25) is 10.0 Å². The first-order valence-corrected chi connectivity index (χ1v) is 18.6. The van der Waals surface area contributed by atoms with Crippen LogP contribution < -0.4 is 9.47 Å². The van der Waals surface area contributed by atoms with Crippen LogP contribution in [0.1, 0.15) is 39.5 Å². The minimum absolute atomic E-state index is 0.407. The van der Waals surface area contributed by atoms with Crippen molar-refractivity contribution in [1.82, 2.24) is 0 Å².